The van der Waals surface area contributed by atoms with Crippen molar-refractivity contribution in [2.45, 2.75) is 38.1 Å². The van der Waals surface area contributed by atoms with Gasteiger partial charge in [-0.15, -0.1) is 0 Å². The van der Waals surface area contributed by atoms with Gasteiger partial charge in [0, 0.05) is 30.8 Å². The second-order valence-corrected chi connectivity index (χ2v) is 10.5. The number of rotatable bonds is 9. The molecule has 1 amide bonds. The molecule has 2 aliphatic rings. The number of carbonyl (C=O) groups is 1. The summed E-state index contributed by atoms with van der Waals surface area (Å²) in [5.74, 6) is 0.619. The van der Waals surface area contributed by atoms with Gasteiger partial charge in [0.15, 0.2) is 6.29 Å². The van der Waals surface area contributed by atoms with Crippen LogP contribution < -0.4 is 9.64 Å². The molecule has 8 heteroatoms. The number of hydrogen-bond acceptors (Lipinski definition) is 5. The fourth-order valence-corrected chi connectivity index (χ4v) is 5.38. The molecule has 2 fully saturated rings. The normalized spacial score (nSPS) is 20.5. The number of halogens is 2. The van der Waals surface area contributed by atoms with Crippen LogP contribution in [-0.4, -0.2) is 50.0 Å². The molecule has 2 atom stereocenters. The van der Waals surface area contributed by atoms with E-state index in [4.69, 9.17) is 37.4 Å². The summed E-state index contributed by atoms with van der Waals surface area (Å²) in [7, 11) is 0. The number of piperazine rings is 1. The topological polar surface area (TPSA) is 51.2 Å². The van der Waals surface area contributed by atoms with Crippen LogP contribution in [0.4, 0.5) is 5.69 Å². The van der Waals surface area contributed by atoms with Gasteiger partial charge in [-0.05, 0) is 54.7 Å². The Morgan fingerprint density at radius 1 is 0.947 bits per heavy atom. The second kappa shape index (κ2) is 13.0. The van der Waals surface area contributed by atoms with Crippen molar-refractivity contribution < 1.29 is 19.0 Å². The minimum atomic E-state index is -0.217. The predicted molar refractivity (Wildman–Crippen MR) is 150 cm³/mol. The summed E-state index contributed by atoms with van der Waals surface area (Å²) in [4.78, 5) is 17.6. The number of anilines is 1. The summed E-state index contributed by atoms with van der Waals surface area (Å²) in [6.07, 6.45) is 2.99. The van der Waals surface area contributed by atoms with E-state index >= 15 is 0 Å². The lowest BCUT2D eigenvalue weighted by atomic mass is 10.0. The summed E-state index contributed by atoms with van der Waals surface area (Å²) in [5.41, 5.74) is 2.83. The van der Waals surface area contributed by atoms with E-state index in [-0.39, 0.29) is 18.2 Å². The number of nitrogens with zero attached hydrogens (tertiary/aromatic N) is 2. The van der Waals surface area contributed by atoms with Crippen LogP contribution in [0.25, 0.3) is 0 Å². The molecule has 2 saturated heterocycles. The van der Waals surface area contributed by atoms with Gasteiger partial charge >= 0.3 is 0 Å². The van der Waals surface area contributed by atoms with Crippen molar-refractivity contribution >= 4 is 34.8 Å². The average molecular weight is 556 g/mol. The second-order valence-electron chi connectivity index (χ2n) is 9.61. The molecule has 0 bridgehead atoms. The smallest absolute Gasteiger partial charge is 0.241 e. The van der Waals surface area contributed by atoms with Crippen molar-refractivity contribution in [1.29, 1.82) is 0 Å². The summed E-state index contributed by atoms with van der Waals surface area (Å²) in [5, 5.41) is 1.12. The Labute approximate surface area is 234 Å². The highest BCUT2D eigenvalue weighted by molar-refractivity contribution is 6.34. The highest BCUT2D eigenvalue weighted by Crippen LogP contribution is 2.38. The quantitative estimate of drug-likeness (QED) is 0.282. The summed E-state index contributed by atoms with van der Waals surface area (Å²) >= 11 is 12.9. The van der Waals surface area contributed by atoms with Gasteiger partial charge < -0.3 is 19.1 Å². The van der Waals surface area contributed by atoms with Crippen LogP contribution >= 0.6 is 23.2 Å². The van der Waals surface area contributed by atoms with Crippen molar-refractivity contribution in [3.8, 4) is 5.75 Å². The van der Waals surface area contributed by atoms with E-state index in [0.717, 1.165) is 31.4 Å². The number of hydrogen-bond donors (Lipinski definition) is 0. The van der Waals surface area contributed by atoms with Crippen molar-refractivity contribution in [2.24, 2.45) is 0 Å². The molecule has 5 rings (SSSR count). The molecule has 3 aromatic rings. The molecule has 0 aromatic heterocycles. The first-order chi connectivity index (χ1) is 18.6. The Kier molecular flexibility index (Phi) is 9.20. The molecule has 1 unspecified atom stereocenters. The van der Waals surface area contributed by atoms with Gasteiger partial charge in [0.05, 0.1) is 29.9 Å². The fraction of sp³-hybridized carbons (Fsp3) is 0.367. The Bertz CT molecular complexity index is 1200. The van der Waals surface area contributed by atoms with Gasteiger partial charge in [-0.2, -0.15) is 0 Å². The lowest BCUT2D eigenvalue weighted by molar-refractivity contribution is -0.165. The Balaban J connectivity index is 1.30. The molecule has 2 aliphatic heterocycles. The average Bonchev–Trinajstić information content (AvgIpc) is 2.93. The number of carbonyl (C=O) groups excluding carboxylic acids is 1. The minimum absolute atomic E-state index is 0.0106. The van der Waals surface area contributed by atoms with Crippen molar-refractivity contribution in [3.63, 3.8) is 0 Å². The highest BCUT2D eigenvalue weighted by atomic mass is 35.5. The SMILES string of the molecule is O=C1CN(Cc2ccccc2)C[C@@H](c2ccc(Cl)cc2)N1c1ccc(OCCOC2CCCCO2)cc1Cl. The summed E-state index contributed by atoms with van der Waals surface area (Å²) in [6, 6.07) is 23.1. The zero-order chi connectivity index (χ0) is 26.3. The van der Waals surface area contributed by atoms with Gasteiger partial charge in [0.1, 0.15) is 12.4 Å². The maximum atomic E-state index is 13.6. The fourth-order valence-electron chi connectivity index (χ4n) is 4.99. The Morgan fingerprint density at radius 3 is 2.50 bits per heavy atom. The molecule has 38 heavy (non-hydrogen) atoms. The Hall–Kier alpha value is -2.61. The number of amides is 1. The number of ether oxygens (including phenoxy) is 3. The monoisotopic (exact) mass is 554 g/mol. The van der Waals surface area contributed by atoms with Crippen LogP contribution in [0.1, 0.15) is 36.4 Å². The molecule has 0 radical (unpaired) electrons. The standard InChI is InChI=1S/C30H32Cl2N2O4/c31-24-11-9-23(10-12-24)28-20-33(19-22-6-2-1-3-7-22)21-29(35)34(28)27-14-13-25(18-26(27)32)36-16-17-38-30-8-4-5-15-37-30/h1-3,6-7,9-14,18,28,30H,4-5,8,15-17,19-21H2/t28-,30?/m0/s1. The molecular weight excluding hydrogens is 523 g/mol. The van der Waals surface area contributed by atoms with Gasteiger partial charge in [0.25, 0.3) is 0 Å². The van der Waals surface area contributed by atoms with Crippen molar-refractivity contribution in [1.82, 2.24) is 4.90 Å². The third-order valence-electron chi connectivity index (χ3n) is 6.85. The molecule has 0 saturated carbocycles. The van der Waals surface area contributed by atoms with Crippen LogP contribution in [-0.2, 0) is 20.8 Å². The zero-order valence-electron chi connectivity index (χ0n) is 21.2. The highest BCUT2D eigenvalue weighted by Gasteiger charge is 2.35. The maximum Gasteiger partial charge on any atom is 0.241 e. The van der Waals surface area contributed by atoms with E-state index in [1.807, 2.05) is 54.6 Å². The molecule has 0 N–H and O–H groups in total. The Morgan fingerprint density at radius 2 is 1.76 bits per heavy atom. The van der Waals surface area contributed by atoms with Gasteiger partial charge in [-0.25, -0.2) is 0 Å². The van der Waals surface area contributed by atoms with E-state index in [9.17, 15) is 4.79 Å². The first-order valence-corrected chi connectivity index (χ1v) is 13.8. The predicted octanol–water partition coefficient (Wildman–Crippen LogP) is 6.51. The zero-order valence-corrected chi connectivity index (χ0v) is 22.7. The summed E-state index contributed by atoms with van der Waals surface area (Å²) in [6.45, 7) is 3.23. The largest absolute Gasteiger partial charge is 0.491 e. The minimum Gasteiger partial charge on any atom is -0.491 e. The van der Waals surface area contributed by atoms with E-state index in [2.05, 4.69) is 17.0 Å². The lowest BCUT2D eigenvalue weighted by Gasteiger charge is -2.41. The van der Waals surface area contributed by atoms with Crippen LogP contribution in [0.2, 0.25) is 10.0 Å². The van der Waals surface area contributed by atoms with Crippen LogP contribution in [0.3, 0.4) is 0 Å². The first kappa shape index (κ1) is 27.0. The van der Waals surface area contributed by atoms with Crippen LogP contribution in [0, 0.1) is 0 Å². The van der Waals surface area contributed by atoms with Crippen molar-refractivity contribution in [2.75, 3.05) is 37.8 Å². The third kappa shape index (κ3) is 6.87. The van der Waals surface area contributed by atoms with E-state index < -0.39 is 0 Å². The van der Waals surface area contributed by atoms with Crippen molar-refractivity contribution in [3.05, 3.63) is 94.0 Å². The van der Waals surface area contributed by atoms with Gasteiger partial charge in [0.2, 0.25) is 5.91 Å². The first-order valence-electron chi connectivity index (χ1n) is 13.1. The molecule has 0 aliphatic carbocycles. The molecule has 3 aromatic carbocycles. The molecule has 0 spiro atoms. The number of benzene rings is 3. The van der Waals surface area contributed by atoms with Gasteiger partial charge in [-0.3, -0.25) is 9.69 Å². The van der Waals surface area contributed by atoms with Gasteiger partial charge in [-0.1, -0.05) is 65.7 Å². The maximum absolute atomic E-state index is 13.6. The molecule has 200 valence electrons. The third-order valence-corrected chi connectivity index (χ3v) is 7.40. The molecule has 2 heterocycles. The molecule has 6 nitrogen and oxygen atoms in total. The van der Waals surface area contributed by atoms with E-state index in [1.165, 1.54) is 5.56 Å². The van der Waals surface area contributed by atoms with E-state index in [0.29, 0.717) is 54.3 Å². The lowest BCUT2D eigenvalue weighted by Crippen LogP contribution is -2.52. The van der Waals surface area contributed by atoms with E-state index in [1.54, 1.807) is 11.0 Å². The van der Waals surface area contributed by atoms with Crippen LogP contribution in [0.15, 0.2) is 72.8 Å². The van der Waals surface area contributed by atoms with Crippen LogP contribution in [0.5, 0.6) is 5.75 Å². The molecular formula is C30H32Cl2N2O4. The summed E-state index contributed by atoms with van der Waals surface area (Å²) < 4.78 is 17.2.